The second-order valence-electron chi connectivity index (χ2n) is 4.40. The van der Waals surface area contributed by atoms with Gasteiger partial charge in [-0.1, -0.05) is 28.1 Å². The van der Waals surface area contributed by atoms with Crippen molar-refractivity contribution >= 4 is 27.7 Å². The van der Waals surface area contributed by atoms with E-state index in [1.54, 1.807) is 4.90 Å². The van der Waals surface area contributed by atoms with Crippen LogP contribution in [0.5, 0.6) is 0 Å². The van der Waals surface area contributed by atoms with Crippen molar-refractivity contribution in [3.05, 3.63) is 34.3 Å². The van der Waals surface area contributed by atoms with Crippen LogP contribution in [0.25, 0.3) is 0 Å². The third kappa shape index (κ3) is 3.78. The van der Waals surface area contributed by atoms with Crippen molar-refractivity contribution in [2.75, 3.05) is 19.7 Å². The average molecular weight is 327 g/mol. The van der Waals surface area contributed by atoms with Crippen LogP contribution in [0.2, 0.25) is 0 Å². The van der Waals surface area contributed by atoms with Crippen LogP contribution in [-0.4, -0.2) is 36.4 Å². The van der Waals surface area contributed by atoms with Crippen LogP contribution in [0, 0.1) is 0 Å². The zero-order valence-electron chi connectivity index (χ0n) is 10.3. The molecule has 1 aliphatic heterocycles. The molecule has 0 saturated carbocycles. The summed E-state index contributed by atoms with van der Waals surface area (Å²) in [6.07, 6.45) is -0.409. The molecule has 1 unspecified atom stereocenters. The van der Waals surface area contributed by atoms with E-state index < -0.39 is 5.91 Å². The number of carbonyl (C=O) groups is 2. The Morgan fingerprint density at radius 3 is 2.95 bits per heavy atom. The van der Waals surface area contributed by atoms with E-state index in [0.29, 0.717) is 19.7 Å². The molecule has 2 rings (SSSR count). The van der Waals surface area contributed by atoms with Crippen LogP contribution in [0.1, 0.15) is 18.1 Å². The Morgan fingerprint density at radius 1 is 1.47 bits per heavy atom. The van der Waals surface area contributed by atoms with Crippen molar-refractivity contribution in [1.29, 1.82) is 0 Å². The number of hydrogen-bond acceptors (Lipinski definition) is 3. The Morgan fingerprint density at radius 2 is 2.26 bits per heavy atom. The van der Waals surface area contributed by atoms with Gasteiger partial charge in [-0.15, -0.1) is 0 Å². The first kappa shape index (κ1) is 14.0. The van der Waals surface area contributed by atoms with Gasteiger partial charge in [-0.2, -0.15) is 0 Å². The SMILES string of the molecule is NC(=O)CC(=O)N1CCOC(c2cccc(Br)c2)C1. The largest absolute Gasteiger partial charge is 0.370 e. The number of primary amides is 1. The summed E-state index contributed by atoms with van der Waals surface area (Å²) in [5.41, 5.74) is 6.05. The van der Waals surface area contributed by atoms with Gasteiger partial charge in [0, 0.05) is 11.0 Å². The van der Waals surface area contributed by atoms with Gasteiger partial charge in [0.25, 0.3) is 0 Å². The smallest absolute Gasteiger partial charge is 0.232 e. The quantitative estimate of drug-likeness (QED) is 0.849. The molecule has 2 N–H and O–H groups in total. The normalized spacial score (nSPS) is 19.2. The maximum absolute atomic E-state index is 11.8. The van der Waals surface area contributed by atoms with Crippen molar-refractivity contribution in [1.82, 2.24) is 4.90 Å². The molecule has 0 aliphatic carbocycles. The Labute approximate surface area is 119 Å². The van der Waals surface area contributed by atoms with E-state index >= 15 is 0 Å². The Hall–Kier alpha value is -1.40. The van der Waals surface area contributed by atoms with Gasteiger partial charge in [-0.05, 0) is 17.7 Å². The van der Waals surface area contributed by atoms with E-state index in [1.807, 2.05) is 24.3 Å². The van der Waals surface area contributed by atoms with Gasteiger partial charge in [0.15, 0.2) is 0 Å². The number of nitrogens with zero attached hydrogens (tertiary/aromatic N) is 1. The van der Waals surface area contributed by atoms with Gasteiger partial charge in [-0.3, -0.25) is 9.59 Å². The number of ether oxygens (including phenoxy) is 1. The molecule has 2 amide bonds. The number of benzene rings is 1. The van der Waals surface area contributed by atoms with Crippen LogP contribution in [0.15, 0.2) is 28.7 Å². The summed E-state index contributed by atoms with van der Waals surface area (Å²) in [4.78, 5) is 24.2. The van der Waals surface area contributed by atoms with Gasteiger partial charge >= 0.3 is 0 Å². The Balaban J connectivity index is 2.05. The lowest BCUT2D eigenvalue weighted by molar-refractivity contribution is -0.141. The standard InChI is InChI=1S/C13H15BrN2O3/c14-10-3-1-2-9(6-10)11-8-16(4-5-19-11)13(18)7-12(15)17/h1-3,6,11H,4-5,7-8H2,(H2,15,17). The molecule has 1 aliphatic rings. The van der Waals surface area contributed by atoms with Gasteiger partial charge in [-0.25, -0.2) is 0 Å². The molecule has 102 valence electrons. The molecule has 19 heavy (non-hydrogen) atoms. The van der Waals surface area contributed by atoms with Crippen LogP contribution in [0.4, 0.5) is 0 Å². The number of nitrogens with two attached hydrogens (primary N) is 1. The van der Waals surface area contributed by atoms with Crippen LogP contribution >= 0.6 is 15.9 Å². The second-order valence-corrected chi connectivity index (χ2v) is 5.31. The molecule has 1 aromatic carbocycles. The molecule has 1 atom stereocenters. The topological polar surface area (TPSA) is 72.6 Å². The first-order valence-electron chi connectivity index (χ1n) is 5.99. The Kier molecular flexibility index (Phi) is 4.55. The minimum atomic E-state index is -0.601. The van der Waals surface area contributed by atoms with E-state index in [4.69, 9.17) is 10.5 Å². The highest BCUT2D eigenvalue weighted by Crippen LogP contribution is 2.24. The molecule has 5 nitrogen and oxygen atoms in total. The zero-order valence-corrected chi connectivity index (χ0v) is 11.9. The fourth-order valence-electron chi connectivity index (χ4n) is 2.05. The molecule has 0 bridgehead atoms. The highest BCUT2D eigenvalue weighted by atomic mass is 79.9. The predicted octanol–water partition coefficient (Wildman–Crippen LogP) is 1.22. The molecule has 0 radical (unpaired) electrons. The minimum Gasteiger partial charge on any atom is -0.370 e. The summed E-state index contributed by atoms with van der Waals surface area (Å²) in [6.45, 7) is 1.40. The zero-order chi connectivity index (χ0) is 13.8. The monoisotopic (exact) mass is 326 g/mol. The van der Waals surface area contributed by atoms with Crippen molar-refractivity contribution < 1.29 is 14.3 Å². The van der Waals surface area contributed by atoms with Gasteiger partial charge < -0.3 is 15.4 Å². The van der Waals surface area contributed by atoms with E-state index in [2.05, 4.69) is 15.9 Å². The first-order chi connectivity index (χ1) is 9.06. The molecule has 1 aromatic rings. The predicted molar refractivity (Wildman–Crippen MR) is 73.2 cm³/mol. The van der Waals surface area contributed by atoms with Crippen LogP contribution in [-0.2, 0) is 14.3 Å². The maximum atomic E-state index is 11.8. The third-order valence-corrected chi connectivity index (χ3v) is 3.46. The van der Waals surface area contributed by atoms with E-state index in [-0.39, 0.29) is 18.4 Å². The van der Waals surface area contributed by atoms with Crippen LogP contribution < -0.4 is 5.73 Å². The fraction of sp³-hybridized carbons (Fsp3) is 0.385. The number of rotatable bonds is 3. The highest BCUT2D eigenvalue weighted by molar-refractivity contribution is 9.10. The van der Waals surface area contributed by atoms with Crippen LogP contribution in [0.3, 0.4) is 0 Å². The fourth-order valence-corrected chi connectivity index (χ4v) is 2.46. The first-order valence-corrected chi connectivity index (χ1v) is 6.78. The lowest BCUT2D eigenvalue weighted by Gasteiger charge is -2.33. The lowest BCUT2D eigenvalue weighted by atomic mass is 10.1. The Bertz CT molecular complexity index is 493. The molecule has 0 spiro atoms. The highest BCUT2D eigenvalue weighted by Gasteiger charge is 2.26. The molecular formula is C13H15BrN2O3. The van der Waals surface area contributed by atoms with Gasteiger partial charge in [0.1, 0.15) is 12.5 Å². The molecule has 1 heterocycles. The second kappa shape index (κ2) is 6.16. The summed E-state index contributed by atoms with van der Waals surface area (Å²) in [5, 5.41) is 0. The number of amides is 2. The summed E-state index contributed by atoms with van der Waals surface area (Å²) in [5.74, 6) is -0.841. The number of morpholine rings is 1. The van der Waals surface area contributed by atoms with E-state index in [1.165, 1.54) is 0 Å². The maximum Gasteiger partial charge on any atom is 0.232 e. The van der Waals surface area contributed by atoms with Gasteiger partial charge in [0.2, 0.25) is 11.8 Å². The number of halogens is 1. The number of carbonyl (C=O) groups excluding carboxylic acids is 2. The average Bonchev–Trinajstić information content (AvgIpc) is 2.38. The summed E-state index contributed by atoms with van der Waals surface area (Å²) in [7, 11) is 0. The number of hydrogen-bond donors (Lipinski definition) is 1. The summed E-state index contributed by atoms with van der Waals surface area (Å²) in [6, 6.07) is 7.78. The molecule has 1 fully saturated rings. The third-order valence-electron chi connectivity index (χ3n) is 2.97. The van der Waals surface area contributed by atoms with Crippen molar-refractivity contribution in [2.45, 2.75) is 12.5 Å². The molecular weight excluding hydrogens is 312 g/mol. The van der Waals surface area contributed by atoms with Crippen molar-refractivity contribution in [3.63, 3.8) is 0 Å². The molecule has 1 saturated heterocycles. The van der Waals surface area contributed by atoms with E-state index in [9.17, 15) is 9.59 Å². The molecule has 0 aromatic heterocycles. The molecule has 6 heteroatoms. The van der Waals surface area contributed by atoms with Crippen molar-refractivity contribution in [2.24, 2.45) is 5.73 Å². The lowest BCUT2D eigenvalue weighted by Crippen LogP contribution is -2.43. The van der Waals surface area contributed by atoms with Gasteiger partial charge in [0.05, 0.1) is 13.2 Å². The summed E-state index contributed by atoms with van der Waals surface area (Å²) < 4.78 is 6.64. The van der Waals surface area contributed by atoms with Crippen molar-refractivity contribution in [3.8, 4) is 0 Å². The minimum absolute atomic E-state index is 0.164. The summed E-state index contributed by atoms with van der Waals surface area (Å²) >= 11 is 3.41. The van der Waals surface area contributed by atoms with E-state index in [0.717, 1.165) is 10.0 Å².